The fourth-order valence-corrected chi connectivity index (χ4v) is 3.83. The zero-order chi connectivity index (χ0) is 18.8. The van der Waals surface area contributed by atoms with Gasteiger partial charge in [-0.15, -0.1) is 0 Å². The third kappa shape index (κ3) is 3.60. The molecule has 2 N–H and O–H groups in total. The van der Waals surface area contributed by atoms with E-state index in [1.807, 2.05) is 19.2 Å². The zero-order valence-electron chi connectivity index (χ0n) is 15.8. The molecule has 0 radical (unpaired) electrons. The van der Waals surface area contributed by atoms with Crippen LogP contribution in [-0.2, 0) is 23.1 Å². The fourth-order valence-electron chi connectivity index (χ4n) is 3.83. The topological polar surface area (TPSA) is 71.6 Å². The number of benzene rings is 1. The number of aryl methyl sites for hydroxylation is 2. The molecular weight excluding hydrogens is 328 g/mol. The maximum absolute atomic E-state index is 12.8. The van der Waals surface area contributed by atoms with Gasteiger partial charge in [-0.25, -0.2) is 0 Å². The molecule has 1 unspecified atom stereocenters. The summed E-state index contributed by atoms with van der Waals surface area (Å²) in [4.78, 5) is 28.6. The molecule has 0 bridgehead atoms. The second-order valence-electron chi connectivity index (χ2n) is 7.38. The summed E-state index contributed by atoms with van der Waals surface area (Å²) in [5.41, 5.74) is 7.90. The highest BCUT2D eigenvalue weighted by molar-refractivity contribution is 5.88. The summed E-state index contributed by atoms with van der Waals surface area (Å²) in [6.07, 6.45) is 3.13. The molecule has 140 valence electrons. The van der Waals surface area contributed by atoms with Crippen LogP contribution in [0.5, 0.6) is 0 Å². The van der Waals surface area contributed by atoms with Gasteiger partial charge in [0, 0.05) is 56.2 Å². The summed E-state index contributed by atoms with van der Waals surface area (Å²) in [7, 11) is 2.02. The van der Waals surface area contributed by atoms with Crippen molar-refractivity contribution in [2.75, 3.05) is 19.6 Å². The number of rotatable bonds is 5. The first-order valence-corrected chi connectivity index (χ1v) is 9.24. The van der Waals surface area contributed by atoms with Crippen molar-refractivity contribution in [3.05, 3.63) is 36.0 Å². The number of aromatic nitrogens is 1. The third-order valence-corrected chi connectivity index (χ3v) is 5.38. The van der Waals surface area contributed by atoms with Crippen molar-refractivity contribution in [2.24, 2.45) is 12.8 Å². The number of hydrogen-bond donors (Lipinski definition) is 1. The molecular formula is C20H28N4O2. The average Bonchev–Trinajstić information content (AvgIpc) is 2.95. The Morgan fingerprint density at radius 1 is 1.23 bits per heavy atom. The van der Waals surface area contributed by atoms with Crippen LogP contribution in [0.25, 0.3) is 10.9 Å². The van der Waals surface area contributed by atoms with Gasteiger partial charge in [0.15, 0.2) is 0 Å². The number of primary amides is 1. The summed E-state index contributed by atoms with van der Waals surface area (Å²) in [5.74, 6) is -0.418. The second-order valence-corrected chi connectivity index (χ2v) is 7.38. The van der Waals surface area contributed by atoms with E-state index in [1.54, 1.807) is 4.90 Å². The van der Waals surface area contributed by atoms with Crippen LogP contribution >= 0.6 is 0 Å². The minimum absolute atomic E-state index is 0.00476. The Morgan fingerprint density at radius 3 is 2.65 bits per heavy atom. The van der Waals surface area contributed by atoms with E-state index in [4.69, 9.17) is 5.73 Å². The maximum atomic E-state index is 12.8. The fraction of sp³-hybridized carbons (Fsp3) is 0.500. The van der Waals surface area contributed by atoms with Gasteiger partial charge in [0.25, 0.3) is 0 Å². The van der Waals surface area contributed by atoms with Crippen LogP contribution in [0.15, 0.2) is 30.5 Å². The van der Waals surface area contributed by atoms with Crippen LogP contribution in [0.1, 0.15) is 25.8 Å². The van der Waals surface area contributed by atoms with E-state index in [0.717, 1.165) is 17.6 Å². The third-order valence-electron chi connectivity index (χ3n) is 5.38. The molecule has 6 heteroatoms. The molecule has 1 aromatic heterocycles. The number of nitrogens with two attached hydrogens (primary N) is 1. The SMILES string of the molecule is CC(C)N1CCN(C(=O)CCc2cn(C)c3ccccc23)C(C(N)=O)C1. The predicted molar refractivity (Wildman–Crippen MR) is 103 cm³/mol. The van der Waals surface area contributed by atoms with Crippen LogP contribution in [0.3, 0.4) is 0 Å². The molecule has 0 saturated carbocycles. The van der Waals surface area contributed by atoms with Gasteiger partial charge >= 0.3 is 0 Å². The van der Waals surface area contributed by atoms with Crippen molar-refractivity contribution in [1.82, 2.24) is 14.4 Å². The van der Waals surface area contributed by atoms with Crippen LogP contribution in [0.4, 0.5) is 0 Å². The average molecular weight is 356 g/mol. The lowest BCUT2D eigenvalue weighted by molar-refractivity contribution is -0.143. The Morgan fingerprint density at radius 2 is 1.96 bits per heavy atom. The lowest BCUT2D eigenvalue weighted by Gasteiger charge is -2.41. The Bertz CT molecular complexity index is 811. The molecule has 2 amide bonds. The largest absolute Gasteiger partial charge is 0.368 e. The molecule has 26 heavy (non-hydrogen) atoms. The molecule has 2 heterocycles. The number of hydrogen-bond acceptors (Lipinski definition) is 3. The second kappa shape index (κ2) is 7.50. The van der Waals surface area contributed by atoms with E-state index < -0.39 is 11.9 Å². The monoisotopic (exact) mass is 356 g/mol. The van der Waals surface area contributed by atoms with E-state index in [1.165, 1.54) is 5.39 Å². The van der Waals surface area contributed by atoms with E-state index >= 15 is 0 Å². The maximum Gasteiger partial charge on any atom is 0.241 e. The van der Waals surface area contributed by atoms with Gasteiger partial charge in [-0.05, 0) is 31.9 Å². The molecule has 6 nitrogen and oxygen atoms in total. The molecule has 0 aliphatic carbocycles. The Labute approximate surface area is 154 Å². The van der Waals surface area contributed by atoms with Gasteiger partial charge in [-0.3, -0.25) is 14.5 Å². The number of fused-ring (bicyclic) bond motifs is 1. The summed E-state index contributed by atoms with van der Waals surface area (Å²) in [6.45, 7) is 6.04. The first-order chi connectivity index (χ1) is 12.4. The number of para-hydroxylation sites is 1. The van der Waals surface area contributed by atoms with Crippen LogP contribution in [0, 0.1) is 0 Å². The number of amides is 2. The molecule has 1 fully saturated rings. The van der Waals surface area contributed by atoms with Gasteiger partial charge in [0.05, 0.1) is 0 Å². The molecule has 2 aromatic rings. The van der Waals surface area contributed by atoms with E-state index in [0.29, 0.717) is 32.0 Å². The highest BCUT2D eigenvalue weighted by atomic mass is 16.2. The van der Waals surface area contributed by atoms with E-state index in [9.17, 15) is 9.59 Å². The Kier molecular flexibility index (Phi) is 5.32. The summed E-state index contributed by atoms with van der Waals surface area (Å²) in [6, 6.07) is 8.00. The van der Waals surface area contributed by atoms with Gasteiger partial charge in [-0.2, -0.15) is 0 Å². The minimum Gasteiger partial charge on any atom is -0.368 e. The molecule has 3 rings (SSSR count). The van der Waals surface area contributed by atoms with Crippen LogP contribution in [0.2, 0.25) is 0 Å². The van der Waals surface area contributed by atoms with Crippen molar-refractivity contribution >= 4 is 22.7 Å². The molecule has 0 spiro atoms. The van der Waals surface area contributed by atoms with E-state index in [2.05, 4.69) is 41.6 Å². The van der Waals surface area contributed by atoms with E-state index in [-0.39, 0.29) is 5.91 Å². The Balaban J connectivity index is 1.70. The minimum atomic E-state index is -0.536. The predicted octanol–water partition coefficient (Wildman–Crippen LogP) is 1.52. The number of carbonyl (C=O) groups excluding carboxylic acids is 2. The molecule has 1 saturated heterocycles. The van der Waals surface area contributed by atoms with Crippen molar-refractivity contribution in [3.63, 3.8) is 0 Å². The van der Waals surface area contributed by atoms with Crippen molar-refractivity contribution < 1.29 is 9.59 Å². The molecule has 1 aliphatic rings. The lowest BCUT2D eigenvalue weighted by Crippen LogP contribution is -2.61. The zero-order valence-corrected chi connectivity index (χ0v) is 15.8. The number of nitrogens with zero attached hydrogens (tertiary/aromatic N) is 3. The highest BCUT2D eigenvalue weighted by Gasteiger charge is 2.34. The van der Waals surface area contributed by atoms with Crippen molar-refractivity contribution in [1.29, 1.82) is 0 Å². The Hall–Kier alpha value is -2.34. The van der Waals surface area contributed by atoms with Gasteiger partial charge in [-0.1, -0.05) is 18.2 Å². The summed E-state index contributed by atoms with van der Waals surface area (Å²) in [5, 5.41) is 1.18. The normalized spacial score (nSPS) is 18.6. The van der Waals surface area contributed by atoms with Crippen molar-refractivity contribution in [3.8, 4) is 0 Å². The number of carbonyl (C=O) groups is 2. The number of piperazine rings is 1. The lowest BCUT2D eigenvalue weighted by atomic mass is 10.1. The van der Waals surface area contributed by atoms with Gasteiger partial charge in [0.1, 0.15) is 6.04 Å². The van der Waals surface area contributed by atoms with Crippen LogP contribution < -0.4 is 5.73 Å². The van der Waals surface area contributed by atoms with Gasteiger partial charge < -0.3 is 15.2 Å². The summed E-state index contributed by atoms with van der Waals surface area (Å²) >= 11 is 0. The highest BCUT2D eigenvalue weighted by Crippen LogP contribution is 2.22. The van der Waals surface area contributed by atoms with Crippen LogP contribution in [-0.4, -0.2) is 57.9 Å². The summed E-state index contributed by atoms with van der Waals surface area (Å²) < 4.78 is 2.09. The molecule has 1 atom stereocenters. The first-order valence-electron chi connectivity index (χ1n) is 9.24. The quantitative estimate of drug-likeness (QED) is 0.883. The molecule has 1 aromatic carbocycles. The standard InChI is InChI=1S/C20H28N4O2/c1-14(2)23-10-11-24(18(13-23)20(21)26)19(25)9-8-15-12-22(3)17-7-5-4-6-16(15)17/h4-7,12,14,18H,8-11,13H2,1-3H3,(H2,21,26). The van der Waals surface area contributed by atoms with Crippen molar-refractivity contribution in [2.45, 2.75) is 38.8 Å². The van der Waals surface area contributed by atoms with Gasteiger partial charge in [0.2, 0.25) is 11.8 Å². The molecule has 1 aliphatic heterocycles. The smallest absolute Gasteiger partial charge is 0.241 e. The first kappa shape index (κ1) is 18.5.